The SMILES string of the molecule is CCOc1ccc(CN2CCNCC2C#N)cc1. The summed E-state index contributed by atoms with van der Waals surface area (Å²) < 4.78 is 5.42. The van der Waals surface area contributed by atoms with Gasteiger partial charge >= 0.3 is 0 Å². The van der Waals surface area contributed by atoms with Crippen LogP contribution in [0.15, 0.2) is 24.3 Å². The average molecular weight is 245 g/mol. The van der Waals surface area contributed by atoms with Crippen molar-refractivity contribution in [3.63, 3.8) is 0 Å². The summed E-state index contributed by atoms with van der Waals surface area (Å²) in [6.45, 7) is 6.13. The number of nitrogens with one attached hydrogen (secondary N) is 1. The number of hydrogen-bond donors (Lipinski definition) is 1. The Hall–Kier alpha value is -1.57. The number of benzene rings is 1. The van der Waals surface area contributed by atoms with Gasteiger partial charge in [-0.3, -0.25) is 4.90 Å². The molecule has 0 saturated carbocycles. The molecule has 1 saturated heterocycles. The maximum atomic E-state index is 9.10. The Morgan fingerprint density at radius 3 is 2.89 bits per heavy atom. The fraction of sp³-hybridized carbons (Fsp3) is 0.500. The van der Waals surface area contributed by atoms with Crippen molar-refractivity contribution in [2.24, 2.45) is 0 Å². The third-order valence-corrected chi connectivity index (χ3v) is 3.12. The highest BCUT2D eigenvalue weighted by molar-refractivity contribution is 5.27. The van der Waals surface area contributed by atoms with E-state index in [9.17, 15) is 0 Å². The third-order valence-electron chi connectivity index (χ3n) is 3.12. The first-order valence-electron chi connectivity index (χ1n) is 6.39. The van der Waals surface area contributed by atoms with Gasteiger partial charge in [-0.25, -0.2) is 0 Å². The molecule has 1 aromatic rings. The molecule has 1 N–H and O–H groups in total. The summed E-state index contributed by atoms with van der Waals surface area (Å²) in [5.74, 6) is 0.901. The molecule has 0 radical (unpaired) electrons. The van der Waals surface area contributed by atoms with Crippen LogP contribution in [0.5, 0.6) is 5.75 Å². The minimum absolute atomic E-state index is 0.0229. The number of rotatable bonds is 4. The van der Waals surface area contributed by atoms with E-state index < -0.39 is 0 Å². The molecule has 2 rings (SSSR count). The Morgan fingerprint density at radius 2 is 2.22 bits per heavy atom. The van der Waals surface area contributed by atoms with Gasteiger partial charge in [-0.05, 0) is 24.6 Å². The zero-order valence-electron chi connectivity index (χ0n) is 10.7. The van der Waals surface area contributed by atoms with Crippen molar-refractivity contribution < 1.29 is 4.74 Å². The number of piperazine rings is 1. The molecule has 1 aliphatic rings. The van der Waals surface area contributed by atoms with Crippen molar-refractivity contribution in [1.29, 1.82) is 5.26 Å². The number of ether oxygens (including phenoxy) is 1. The normalized spacial score (nSPS) is 20.3. The second-order valence-electron chi connectivity index (χ2n) is 4.40. The molecule has 1 aliphatic heterocycles. The monoisotopic (exact) mass is 245 g/mol. The Morgan fingerprint density at radius 1 is 1.44 bits per heavy atom. The molecule has 1 unspecified atom stereocenters. The van der Waals surface area contributed by atoms with E-state index >= 15 is 0 Å². The first-order valence-corrected chi connectivity index (χ1v) is 6.39. The van der Waals surface area contributed by atoms with Gasteiger partial charge in [0, 0.05) is 26.2 Å². The van der Waals surface area contributed by atoms with Crippen LogP contribution < -0.4 is 10.1 Å². The molecular formula is C14H19N3O. The van der Waals surface area contributed by atoms with Crippen LogP contribution in [0.3, 0.4) is 0 Å². The molecule has 4 heteroatoms. The maximum Gasteiger partial charge on any atom is 0.119 e. The van der Waals surface area contributed by atoms with E-state index in [0.717, 1.165) is 31.9 Å². The minimum atomic E-state index is -0.0229. The lowest BCUT2D eigenvalue weighted by Gasteiger charge is -2.31. The maximum absolute atomic E-state index is 9.10. The van der Waals surface area contributed by atoms with Gasteiger partial charge in [0.15, 0.2) is 0 Å². The van der Waals surface area contributed by atoms with E-state index in [-0.39, 0.29) is 6.04 Å². The largest absolute Gasteiger partial charge is 0.494 e. The van der Waals surface area contributed by atoms with Crippen molar-refractivity contribution in [3.05, 3.63) is 29.8 Å². The van der Waals surface area contributed by atoms with Crippen LogP contribution in [0.1, 0.15) is 12.5 Å². The summed E-state index contributed by atoms with van der Waals surface area (Å²) in [6, 6.07) is 10.4. The Balaban J connectivity index is 1.97. The first kappa shape index (κ1) is 12.9. The van der Waals surface area contributed by atoms with Crippen LogP contribution in [0.25, 0.3) is 0 Å². The second-order valence-corrected chi connectivity index (χ2v) is 4.40. The summed E-state index contributed by atoms with van der Waals surface area (Å²) in [5, 5.41) is 12.3. The van der Waals surface area contributed by atoms with Crippen molar-refractivity contribution >= 4 is 0 Å². The number of nitrogens with zero attached hydrogens (tertiary/aromatic N) is 2. The fourth-order valence-electron chi connectivity index (χ4n) is 2.16. The Bertz CT molecular complexity index is 410. The standard InChI is InChI=1S/C14H19N3O/c1-2-18-14-5-3-12(4-6-14)11-17-8-7-16-10-13(17)9-15/h3-6,13,16H,2,7-8,10-11H2,1H3. The Labute approximate surface area is 108 Å². The van der Waals surface area contributed by atoms with Crippen LogP contribution in [0.2, 0.25) is 0 Å². The average Bonchev–Trinajstić information content (AvgIpc) is 2.42. The molecule has 1 heterocycles. The topological polar surface area (TPSA) is 48.3 Å². The summed E-state index contributed by atoms with van der Waals surface area (Å²) in [4.78, 5) is 2.21. The minimum Gasteiger partial charge on any atom is -0.494 e. The predicted molar refractivity (Wildman–Crippen MR) is 70.3 cm³/mol. The molecule has 1 atom stereocenters. The van der Waals surface area contributed by atoms with Gasteiger partial charge in [0.1, 0.15) is 11.8 Å². The third kappa shape index (κ3) is 3.22. The van der Waals surface area contributed by atoms with Gasteiger partial charge in [-0.1, -0.05) is 12.1 Å². The molecule has 0 aliphatic carbocycles. The van der Waals surface area contributed by atoms with Crippen LogP contribution in [0.4, 0.5) is 0 Å². The fourth-order valence-corrected chi connectivity index (χ4v) is 2.16. The first-order chi connectivity index (χ1) is 8.83. The van der Waals surface area contributed by atoms with Gasteiger partial charge in [0.25, 0.3) is 0 Å². The molecule has 0 spiro atoms. The van der Waals surface area contributed by atoms with E-state index in [1.807, 2.05) is 19.1 Å². The van der Waals surface area contributed by atoms with Gasteiger partial charge in [0.05, 0.1) is 12.7 Å². The summed E-state index contributed by atoms with van der Waals surface area (Å²) in [5.41, 5.74) is 1.22. The molecule has 4 nitrogen and oxygen atoms in total. The van der Waals surface area contributed by atoms with E-state index in [2.05, 4.69) is 28.4 Å². The highest BCUT2D eigenvalue weighted by Gasteiger charge is 2.21. The van der Waals surface area contributed by atoms with Gasteiger partial charge < -0.3 is 10.1 Å². The predicted octanol–water partition coefficient (Wildman–Crippen LogP) is 1.38. The molecule has 0 amide bonds. The van der Waals surface area contributed by atoms with Crippen LogP contribution in [0, 0.1) is 11.3 Å². The highest BCUT2D eigenvalue weighted by Crippen LogP contribution is 2.15. The quantitative estimate of drug-likeness (QED) is 0.870. The van der Waals surface area contributed by atoms with E-state index in [1.165, 1.54) is 5.56 Å². The van der Waals surface area contributed by atoms with Crippen molar-refractivity contribution in [2.75, 3.05) is 26.2 Å². The van der Waals surface area contributed by atoms with Crippen molar-refractivity contribution in [3.8, 4) is 11.8 Å². The van der Waals surface area contributed by atoms with Gasteiger partial charge in [-0.15, -0.1) is 0 Å². The number of nitriles is 1. The summed E-state index contributed by atoms with van der Waals surface area (Å²) in [6.07, 6.45) is 0. The Kier molecular flexibility index (Phi) is 4.57. The lowest BCUT2D eigenvalue weighted by molar-refractivity contribution is 0.189. The second kappa shape index (κ2) is 6.39. The van der Waals surface area contributed by atoms with E-state index in [4.69, 9.17) is 10.00 Å². The lowest BCUT2D eigenvalue weighted by atomic mass is 10.1. The summed E-state index contributed by atoms with van der Waals surface area (Å²) in [7, 11) is 0. The molecule has 0 bridgehead atoms. The molecule has 1 fully saturated rings. The van der Waals surface area contributed by atoms with Crippen molar-refractivity contribution in [2.45, 2.75) is 19.5 Å². The smallest absolute Gasteiger partial charge is 0.119 e. The highest BCUT2D eigenvalue weighted by atomic mass is 16.5. The van der Waals surface area contributed by atoms with Crippen LogP contribution in [-0.2, 0) is 6.54 Å². The van der Waals surface area contributed by atoms with Crippen LogP contribution in [-0.4, -0.2) is 37.2 Å². The summed E-state index contributed by atoms with van der Waals surface area (Å²) >= 11 is 0. The van der Waals surface area contributed by atoms with Gasteiger partial charge in [-0.2, -0.15) is 5.26 Å². The zero-order valence-corrected chi connectivity index (χ0v) is 10.7. The van der Waals surface area contributed by atoms with Gasteiger partial charge in [0.2, 0.25) is 0 Å². The number of hydrogen-bond acceptors (Lipinski definition) is 4. The molecular weight excluding hydrogens is 226 g/mol. The van der Waals surface area contributed by atoms with E-state index in [0.29, 0.717) is 6.61 Å². The lowest BCUT2D eigenvalue weighted by Crippen LogP contribution is -2.49. The van der Waals surface area contributed by atoms with E-state index in [1.54, 1.807) is 0 Å². The molecule has 1 aromatic carbocycles. The molecule has 96 valence electrons. The molecule has 18 heavy (non-hydrogen) atoms. The van der Waals surface area contributed by atoms with Crippen molar-refractivity contribution in [1.82, 2.24) is 10.2 Å². The van der Waals surface area contributed by atoms with Crippen LogP contribution >= 0.6 is 0 Å². The zero-order chi connectivity index (χ0) is 12.8. The molecule has 0 aromatic heterocycles.